The lowest BCUT2D eigenvalue weighted by atomic mass is 10.1. The van der Waals surface area contributed by atoms with Crippen LogP contribution in [0.15, 0.2) is 0 Å². The molecule has 0 saturated heterocycles. The zero-order valence-corrected chi connectivity index (χ0v) is 30.7. The molecular formula is C28H44BrCl2N7O13. The van der Waals surface area contributed by atoms with Gasteiger partial charge in [-0.1, -0.05) is 15.9 Å². The number of ether oxygens (including phenoxy) is 2. The van der Waals surface area contributed by atoms with Crippen LogP contribution in [0.2, 0.25) is 0 Å². The first-order valence-corrected chi connectivity index (χ1v) is 17.6. The lowest BCUT2D eigenvalue weighted by Crippen LogP contribution is -2.52. The van der Waals surface area contributed by atoms with E-state index < -0.39 is 79.1 Å². The van der Waals surface area contributed by atoms with Gasteiger partial charge in [-0.3, -0.25) is 38.4 Å². The first kappa shape index (κ1) is 47.2. The van der Waals surface area contributed by atoms with Crippen LogP contribution in [0.1, 0.15) is 25.7 Å². The number of carboxylic acid groups (broad SMARTS) is 2. The van der Waals surface area contributed by atoms with E-state index in [1.54, 1.807) is 0 Å². The minimum atomic E-state index is -1.37. The molecule has 23 heteroatoms. The van der Waals surface area contributed by atoms with Gasteiger partial charge in [0.2, 0.25) is 41.4 Å². The van der Waals surface area contributed by atoms with E-state index in [0.29, 0.717) is 0 Å². The maximum absolute atomic E-state index is 13.3. The van der Waals surface area contributed by atoms with Crippen molar-refractivity contribution in [1.29, 1.82) is 0 Å². The SMILES string of the molecule is O=C(O)CC[C@H](NC(=O)COCCNC(=O)CCC(NC(=O)COCCNC(=O)CBr)C(=O)O)C(=O)N(CCNC(=O)CCl)CCNC(=O)CCl. The summed E-state index contributed by atoms with van der Waals surface area (Å²) >= 11 is 13.9. The summed E-state index contributed by atoms with van der Waals surface area (Å²) in [6.45, 7) is -1.23. The van der Waals surface area contributed by atoms with Gasteiger partial charge in [0.05, 0.1) is 18.5 Å². The predicted octanol–water partition coefficient (Wildman–Crippen LogP) is -3.12. The molecule has 0 bridgehead atoms. The molecular weight excluding hydrogens is 793 g/mol. The number of hydrogen-bond acceptors (Lipinski definition) is 11. The summed E-state index contributed by atoms with van der Waals surface area (Å²) in [5.41, 5.74) is 0. The molecule has 8 N–H and O–H groups in total. The maximum Gasteiger partial charge on any atom is 0.326 e. The molecule has 0 aromatic rings. The molecule has 0 spiro atoms. The number of rotatable bonds is 29. The van der Waals surface area contributed by atoms with Crippen molar-refractivity contribution in [2.24, 2.45) is 0 Å². The quantitative estimate of drug-likeness (QED) is 0.0274. The molecule has 0 radical (unpaired) electrons. The van der Waals surface area contributed by atoms with Gasteiger partial charge < -0.3 is 56.5 Å². The third-order valence-corrected chi connectivity index (χ3v) is 7.26. The minimum Gasteiger partial charge on any atom is -0.481 e. The number of amides is 7. The Morgan fingerprint density at radius 3 is 1.51 bits per heavy atom. The summed E-state index contributed by atoms with van der Waals surface area (Å²) in [7, 11) is 0. The van der Waals surface area contributed by atoms with Gasteiger partial charge in [0.25, 0.3) is 0 Å². The Hall–Kier alpha value is -3.79. The molecule has 1 unspecified atom stereocenters. The van der Waals surface area contributed by atoms with Crippen LogP contribution in [0, 0.1) is 0 Å². The van der Waals surface area contributed by atoms with Crippen molar-refractivity contribution >= 4 is 92.4 Å². The first-order valence-electron chi connectivity index (χ1n) is 15.5. The Kier molecular flexibility index (Phi) is 26.7. The number of carboxylic acids is 2. The third-order valence-electron chi connectivity index (χ3n) is 6.26. The van der Waals surface area contributed by atoms with E-state index in [1.165, 1.54) is 4.90 Å². The van der Waals surface area contributed by atoms with Crippen LogP contribution in [-0.2, 0) is 52.6 Å². The van der Waals surface area contributed by atoms with Crippen molar-refractivity contribution in [2.45, 2.75) is 37.8 Å². The number of alkyl halides is 3. The van der Waals surface area contributed by atoms with Gasteiger partial charge in [0, 0.05) is 52.1 Å². The predicted molar refractivity (Wildman–Crippen MR) is 183 cm³/mol. The van der Waals surface area contributed by atoms with E-state index in [4.69, 9.17) is 37.8 Å². The van der Waals surface area contributed by atoms with Crippen molar-refractivity contribution < 1.29 is 62.8 Å². The van der Waals surface area contributed by atoms with Crippen molar-refractivity contribution in [2.75, 3.05) is 82.8 Å². The second-order valence-electron chi connectivity index (χ2n) is 10.3. The Balaban J connectivity index is 4.83. The largest absolute Gasteiger partial charge is 0.481 e. The summed E-state index contributed by atoms with van der Waals surface area (Å²) in [6.07, 6.45) is -1.26. The number of carbonyl (C=O) groups is 9. The van der Waals surface area contributed by atoms with Gasteiger partial charge >= 0.3 is 11.9 Å². The van der Waals surface area contributed by atoms with E-state index in [9.17, 15) is 48.3 Å². The van der Waals surface area contributed by atoms with Crippen molar-refractivity contribution in [3.8, 4) is 0 Å². The lowest BCUT2D eigenvalue weighted by Gasteiger charge is -2.28. The normalized spacial score (nSPS) is 11.7. The fourth-order valence-electron chi connectivity index (χ4n) is 3.83. The number of halogens is 3. The van der Waals surface area contributed by atoms with Gasteiger partial charge in [-0.05, 0) is 12.8 Å². The second-order valence-corrected chi connectivity index (χ2v) is 11.4. The highest BCUT2D eigenvalue weighted by atomic mass is 79.9. The average Bonchev–Trinajstić information content (AvgIpc) is 3.09. The number of hydrogen-bond donors (Lipinski definition) is 8. The smallest absolute Gasteiger partial charge is 0.326 e. The van der Waals surface area contributed by atoms with Crippen LogP contribution in [0.3, 0.4) is 0 Å². The topological polar surface area (TPSA) is 288 Å². The van der Waals surface area contributed by atoms with Crippen LogP contribution < -0.4 is 31.9 Å². The van der Waals surface area contributed by atoms with Crippen LogP contribution in [0.25, 0.3) is 0 Å². The second kappa shape index (κ2) is 28.9. The van der Waals surface area contributed by atoms with Gasteiger partial charge in [-0.15, -0.1) is 23.2 Å². The number of nitrogens with one attached hydrogen (secondary N) is 6. The summed E-state index contributed by atoms with van der Waals surface area (Å²) in [5.74, 6) is -7.23. The summed E-state index contributed by atoms with van der Waals surface area (Å²) in [5, 5.41) is 33.2. The Bertz CT molecular complexity index is 1160. The zero-order chi connectivity index (χ0) is 38.6. The average molecular weight is 838 g/mol. The molecule has 7 amide bonds. The zero-order valence-electron chi connectivity index (χ0n) is 27.6. The van der Waals surface area contributed by atoms with E-state index in [0.717, 1.165) is 0 Å². The molecule has 20 nitrogen and oxygen atoms in total. The van der Waals surface area contributed by atoms with Gasteiger partial charge in [-0.2, -0.15) is 0 Å². The molecule has 2 atom stereocenters. The number of aliphatic carboxylic acids is 2. The molecule has 0 aromatic carbocycles. The minimum absolute atomic E-state index is 0.0171. The standard InChI is InChI=1S/C28H44BrCl2N7O13/c29-13-21(40)35-8-12-51-17-25(44)37-19(28(48)49)1-3-20(39)34-7-11-50-16-24(43)36-18(2-4-26(45)46)27(47)38(9-5-32-22(41)14-30)10-6-33-23(42)15-31/h18-19H,1-17H2,(H,32,41)(H,33,42)(H,34,39)(H,35,40)(H,36,43)(H,37,44)(H,45,46)(H,48,49)/t18-,19?/m0/s1. The van der Waals surface area contributed by atoms with Gasteiger partial charge in [0.1, 0.15) is 37.1 Å². The van der Waals surface area contributed by atoms with Gasteiger partial charge in [-0.25, -0.2) is 4.79 Å². The fraction of sp³-hybridized carbons (Fsp3) is 0.679. The number of carbonyl (C=O) groups excluding carboxylic acids is 7. The maximum atomic E-state index is 13.3. The lowest BCUT2D eigenvalue weighted by molar-refractivity contribution is -0.143. The Labute approximate surface area is 311 Å². The molecule has 290 valence electrons. The molecule has 0 saturated carbocycles. The first-order chi connectivity index (χ1) is 24.2. The highest BCUT2D eigenvalue weighted by Crippen LogP contribution is 2.05. The van der Waals surface area contributed by atoms with Gasteiger partial charge in [0.15, 0.2) is 0 Å². The number of nitrogens with zero attached hydrogens (tertiary/aromatic N) is 1. The van der Waals surface area contributed by atoms with E-state index >= 15 is 0 Å². The molecule has 0 aliphatic rings. The fourth-order valence-corrected chi connectivity index (χ4v) is 4.22. The van der Waals surface area contributed by atoms with E-state index in [-0.39, 0.29) is 94.7 Å². The molecule has 0 heterocycles. The summed E-state index contributed by atoms with van der Waals surface area (Å²) < 4.78 is 10.3. The Morgan fingerprint density at radius 2 is 1.06 bits per heavy atom. The van der Waals surface area contributed by atoms with Crippen LogP contribution >= 0.6 is 39.1 Å². The van der Waals surface area contributed by atoms with Crippen LogP contribution in [0.4, 0.5) is 0 Å². The van der Waals surface area contributed by atoms with Crippen molar-refractivity contribution in [3.05, 3.63) is 0 Å². The molecule has 51 heavy (non-hydrogen) atoms. The monoisotopic (exact) mass is 835 g/mol. The third kappa shape index (κ3) is 24.9. The highest BCUT2D eigenvalue weighted by molar-refractivity contribution is 9.09. The molecule has 0 aromatic heterocycles. The Morgan fingerprint density at radius 1 is 0.608 bits per heavy atom. The molecule has 0 aliphatic heterocycles. The van der Waals surface area contributed by atoms with Crippen molar-refractivity contribution in [3.63, 3.8) is 0 Å². The van der Waals surface area contributed by atoms with Crippen LogP contribution in [0.5, 0.6) is 0 Å². The van der Waals surface area contributed by atoms with E-state index in [2.05, 4.69) is 47.8 Å². The molecule has 0 aliphatic carbocycles. The summed E-state index contributed by atoms with van der Waals surface area (Å²) in [6, 6.07) is -2.67. The van der Waals surface area contributed by atoms with Crippen molar-refractivity contribution in [1.82, 2.24) is 36.8 Å². The van der Waals surface area contributed by atoms with Crippen LogP contribution in [-0.4, -0.2) is 163 Å². The highest BCUT2D eigenvalue weighted by Gasteiger charge is 2.27. The molecule has 0 fully saturated rings. The molecule has 0 rings (SSSR count). The summed E-state index contributed by atoms with van der Waals surface area (Å²) in [4.78, 5) is 108. The van der Waals surface area contributed by atoms with E-state index in [1.807, 2.05) is 0 Å².